The fourth-order valence-electron chi connectivity index (χ4n) is 2.05. The second-order valence-corrected chi connectivity index (χ2v) is 4.00. The number of nitrogens with zero attached hydrogens (tertiary/aromatic N) is 2. The average Bonchev–Trinajstić information content (AvgIpc) is 2.73. The molecular formula is C12H16N2O3. The summed E-state index contributed by atoms with van der Waals surface area (Å²) in [7, 11) is 0. The molecule has 1 N–H and O–H groups in total. The number of ether oxygens (including phenoxy) is 1. The summed E-state index contributed by atoms with van der Waals surface area (Å²) in [6, 6.07) is 5.06. The van der Waals surface area contributed by atoms with Crippen LogP contribution in [0.2, 0.25) is 0 Å². The third-order valence-electron chi connectivity index (χ3n) is 2.78. The molecule has 1 aromatic heterocycles. The molecule has 2 heterocycles. The Morgan fingerprint density at radius 3 is 3.12 bits per heavy atom. The normalized spacial score (nSPS) is 23.8. The van der Waals surface area contributed by atoms with Gasteiger partial charge in [-0.2, -0.15) is 0 Å². The first-order valence-electron chi connectivity index (χ1n) is 5.74. The maximum absolute atomic E-state index is 11.8. The van der Waals surface area contributed by atoms with Crippen molar-refractivity contribution < 1.29 is 14.6 Å². The number of aliphatic hydroxyl groups is 1. The van der Waals surface area contributed by atoms with Crippen LogP contribution in [0.15, 0.2) is 24.4 Å². The molecule has 0 amide bonds. The van der Waals surface area contributed by atoms with Gasteiger partial charge in [0.15, 0.2) is 0 Å². The lowest BCUT2D eigenvalue weighted by atomic mass is 10.2. The molecule has 0 bridgehead atoms. The lowest BCUT2D eigenvalue weighted by Crippen LogP contribution is -2.37. The zero-order valence-corrected chi connectivity index (χ0v) is 9.74. The average molecular weight is 236 g/mol. The molecule has 1 aliphatic heterocycles. The van der Waals surface area contributed by atoms with Gasteiger partial charge in [0.2, 0.25) is 0 Å². The molecule has 1 saturated heterocycles. The Hall–Kier alpha value is -1.62. The monoisotopic (exact) mass is 236 g/mol. The highest BCUT2D eigenvalue weighted by Crippen LogP contribution is 2.24. The minimum absolute atomic E-state index is 0.297. The van der Waals surface area contributed by atoms with Crippen LogP contribution in [0.25, 0.3) is 0 Å². The standard InChI is InChI=1S/C12H16N2O3/c1-2-17-12(16)10-7-9(15)8-14(10)11-5-3-4-6-13-11/h3-6,9-10,15H,2,7-8H2,1H3. The Balaban J connectivity index is 2.17. The number of anilines is 1. The molecule has 2 rings (SSSR count). The van der Waals surface area contributed by atoms with Crippen molar-refractivity contribution >= 4 is 11.8 Å². The van der Waals surface area contributed by atoms with Crippen LogP contribution in [0, 0.1) is 0 Å². The molecule has 0 aromatic carbocycles. The zero-order valence-electron chi connectivity index (χ0n) is 9.74. The summed E-state index contributed by atoms with van der Waals surface area (Å²) < 4.78 is 5.01. The van der Waals surface area contributed by atoms with Crippen molar-refractivity contribution in [2.45, 2.75) is 25.5 Å². The molecule has 0 saturated carbocycles. The largest absolute Gasteiger partial charge is 0.464 e. The van der Waals surface area contributed by atoms with Gasteiger partial charge in [-0.3, -0.25) is 0 Å². The van der Waals surface area contributed by atoms with Gasteiger partial charge in [0.05, 0.1) is 12.7 Å². The molecule has 5 nitrogen and oxygen atoms in total. The highest BCUT2D eigenvalue weighted by atomic mass is 16.5. The Kier molecular flexibility index (Phi) is 3.58. The van der Waals surface area contributed by atoms with Crippen LogP contribution < -0.4 is 4.90 Å². The summed E-state index contributed by atoms with van der Waals surface area (Å²) in [5.41, 5.74) is 0. The number of pyridine rings is 1. The van der Waals surface area contributed by atoms with Crippen molar-refractivity contribution in [3.63, 3.8) is 0 Å². The SMILES string of the molecule is CCOC(=O)C1CC(O)CN1c1ccccn1. The Morgan fingerprint density at radius 2 is 2.47 bits per heavy atom. The zero-order chi connectivity index (χ0) is 12.3. The fraction of sp³-hybridized carbons (Fsp3) is 0.500. The third-order valence-corrected chi connectivity index (χ3v) is 2.78. The van der Waals surface area contributed by atoms with Gasteiger partial charge in [0, 0.05) is 19.2 Å². The van der Waals surface area contributed by atoms with Crippen LogP contribution in [-0.2, 0) is 9.53 Å². The van der Waals surface area contributed by atoms with E-state index >= 15 is 0 Å². The lowest BCUT2D eigenvalue weighted by Gasteiger charge is -2.23. The third kappa shape index (κ3) is 2.55. The second-order valence-electron chi connectivity index (χ2n) is 4.00. The number of β-amino-alcohol motifs (C(OH)–C–C–N with tert-alkyl or cyclic N) is 1. The number of carbonyl (C=O) groups excluding carboxylic acids is 1. The number of rotatable bonds is 3. The molecular weight excluding hydrogens is 220 g/mol. The van der Waals surface area contributed by atoms with Gasteiger partial charge < -0.3 is 14.7 Å². The predicted octanol–water partition coefficient (Wildman–Crippen LogP) is 0.584. The van der Waals surface area contributed by atoms with Crippen molar-refractivity contribution in [2.75, 3.05) is 18.1 Å². The van der Waals surface area contributed by atoms with Crippen LogP contribution in [0.3, 0.4) is 0 Å². The Bertz CT molecular complexity index is 383. The van der Waals surface area contributed by atoms with Gasteiger partial charge in [-0.05, 0) is 19.1 Å². The van der Waals surface area contributed by atoms with Crippen LogP contribution in [-0.4, -0.2) is 41.4 Å². The quantitative estimate of drug-likeness (QED) is 0.778. The molecule has 1 fully saturated rings. The smallest absolute Gasteiger partial charge is 0.328 e. The van der Waals surface area contributed by atoms with E-state index in [9.17, 15) is 9.90 Å². The minimum Gasteiger partial charge on any atom is -0.464 e. The van der Waals surface area contributed by atoms with Crippen molar-refractivity contribution in [2.24, 2.45) is 0 Å². The van der Waals surface area contributed by atoms with Gasteiger partial charge in [0.1, 0.15) is 11.9 Å². The highest BCUT2D eigenvalue weighted by Gasteiger charge is 2.37. The minimum atomic E-state index is -0.508. The van der Waals surface area contributed by atoms with E-state index in [1.165, 1.54) is 0 Å². The van der Waals surface area contributed by atoms with Gasteiger partial charge >= 0.3 is 5.97 Å². The molecule has 0 aliphatic carbocycles. The number of carbonyl (C=O) groups is 1. The summed E-state index contributed by atoms with van der Waals surface area (Å²) in [6.07, 6.45) is 1.56. The van der Waals surface area contributed by atoms with Gasteiger partial charge in [-0.15, -0.1) is 0 Å². The highest BCUT2D eigenvalue weighted by molar-refractivity contribution is 5.80. The van der Waals surface area contributed by atoms with Crippen molar-refractivity contribution in [1.29, 1.82) is 0 Å². The number of hydrogen-bond acceptors (Lipinski definition) is 5. The molecule has 0 radical (unpaired) electrons. The van der Waals surface area contributed by atoms with E-state index in [2.05, 4.69) is 4.98 Å². The molecule has 5 heteroatoms. The van der Waals surface area contributed by atoms with Gasteiger partial charge in [-0.25, -0.2) is 9.78 Å². The first kappa shape index (κ1) is 11.9. The van der Waals surface area contributed by atoms with Gasteiger partial charge in [0.25, 0.3) is 0 Å². The molecule has 1 aliphatic rings. The lowest BCUT2D eigenvalue weighted by molar-refractivity contribution is -0.144. The summed E-state index contributed by atoms with van der Waals surface area (Å²) in [6.45, 7) is 2.54. The summed E-state index contributed by atoms with van der Waals surface area (Å²) >= 11 is 0. The second kappa shape index (κ2) is 5.14. The topological polar surface area (TPSA) is 62.7 Å². The van der Waals surface area contributed by atoms with Crippen molar-refractivity contribution in [3.05, 3.63) is 24.4 Å². The predicted molar refractivity (Wildman–Crippen MR) is 62.6 cm³/mol. The van der Waals surface area contributed by atoms with Crippen molar-refractivity contribution in [1.82, 2.24) is 4.98 Å². The maximum Gasteiger partial charge on any atom is 0.328 e. The first-order valence-corrected chi connectivity index (χ1v) is 5.74. The number of esters is 1. The van der Waals surface area contributed by atoms with Crippen LogP contribution >= 0.6 is 0 Å². The van der Waals surface area contributed by atoms with E-state index in [-0.39, 0.29) is 5.97 Å². The molecule has 0 spiro atoms. The number of aliphatic hydroxyl groups excluding tert-OH is 1. The molecule has 2 unspecified atom stereocenters. The number of hydrogen-bond donors (Lipinski definition) is 1. The molecule has 92 valence electrons. The van der Waals surface area contributed by atoms with E-state index in [1.807, 2.05) is 18.2 Å². The molecule has 1 aromatic rings. The summed E-state index contributed by atoms with van der Waals surface area (Å²) in [4.78, 5) is 17.8. The maximum atomic E-state index is 11.8. The first-order chi connectivity index (χ1) is 8.22. The van der Waals surface area contributed by atoms with Crippen LogP contribution in [0.1, 0.15) is 13.3 Å². The Morgan fingerprint density at radius 1 is 1.65 bits per heavy atom. The van der Waals surface area contributed by atoms with Gasteiger partial charge in [-0.1, -0.05) is 6.07 Å². The fourth-order valence-corrected chi connectivity index (χ4v) is 2.05. The van der Waals surface area contributed by atoms with Crippen LogP contribution in [0.5, 0.6) is 0 Å². The summed E-state index contributed by atoms with van der Waals surface area (Å²) in [5.74, 6) is 0.400. The van der Waals surface area contributed by atoms with E-state index in [0.29, 0.717) is 25.4 Å². The Labute approximate surface area is 100 Å². The molecule has 17 heavy (non-hydrogen) atoms. The molecule has 2 atom stereocenters. The van der Waals surface area contributed by atoms with Crippen LogP contribution in [0.4, 0.5) is 5.82 Å². The van der Waals surface area contributed by atoms with E-state index in [1.54, 1.807) is 18.0 Å². The van der Waals surface area contributed by atoms with E-state index < -0.39 is 12.1 Å². The number of aromatic nitrogens is 1. The van der Waals surface area contributed by atoms with E-state index in [4.69, 9.17) is 4.74 Å². The summed E-state index contributed by atoms with van der Waals surface area (Å²) in [5, 5.41) is 9.67. The van der Waals surface area contributed by atoms with Crippen molar-refractivity contribution in [3.8, 4) is 0 Å². The van der Waals surface area contributed by atoms with E-state index in [0.717, 1.165) is 0 Å².